The van der Waals surface area contributed by atoms with Crippen LogP contribution in [0.25, 0.3) is 22.3 Å². The number of fused-ring (bicyclic) bond motifs is 2. The zero-order valence-electron chi connectivity index (χ0n) is 34.9. The van der Waals surface area contributed by atoms with Gasteiger partial charge in [0.15, 0.2) is 0 Å². The Morgan fingerprint density at radius 2 is 1.64 bits per heavy atom. The normalized spacial score (nSPS) is 18.8. The Morgan fingerprint density at radius 3 is 2.39 bits per heavy atom. The summed E-state index contributed by atoms with van der Waals surface area (Å²) in [4.78, 5) is 92.4. The van der Waals surface area contributed by atoms with Gasteiger partial charge in [0.2, 0.25) is 17.7 Å². The summed E-state index contributed by atoms with van der Waals surface area (Å²) in [6.45, 7) is 10.0. The number of piperidine rings is 2. The summed E-state index contributed by atoms with van der Waals surface area (Å²) in [5.74, 6) is -1.95. The van der Waals surface area contributed by atoms with Gasteiger partial charge in [-0.2, -0.15) is 5.10 Å². The molecule has 0 bridgehead atoms. The number of ether oxygens (including phenoxy) is 1. The molecule has 0 aliphatic carbocycles. The molecule has 0 radical (unpaired) electrons. The average molecular weight is 833 g/mol. The number of hydrogen-bond donors (Lipinski definition) is 2. The van der Waals surface area contributed by atoms with Crippen LogP contribution in [0.15, 0.2) is 55.0 Å². The van der Waals surface area contributed by atoms with Crippen LogP contribution in [0, 0.1) is 0 Å². The number of aromatic nitrogens is 4. The van der Waals surface area contributed by atoms with Crippen molar-refractivity contribution >= 4 is 58.0 Å². The summed E-state index contributed by atoms with van der Waals surface area (Å²) in [5, 5.41) is 10.2. The minimum absolute atomic E-state index is 0.0720. The van der Waals surface area contributed by atoms with Gasteiger partial charge >= 0.3 is 6.09 Å². The van der Waals surface area contributed by atoms with Crippen LogP contribution in [-0.4, -0.2) is 128 Å². The van der Waals surface area contributed by atoms with Crippen molar-refractivity contribution in [1.29, 1.82) is 0 Å². The van der Waals surface area contributed by atoms with E-state index in [9.17, 15) is 28.8 Å². The summed E-state index contributed by atoms with van der Waals surface area (Å²) in [6.07, 6.45) is 10.0. The van der Waals surface area contributed by atoms with Crippen LogP contribution in [0.4, 0.5) is 16.2 Å². The van der Waals surface area contributed by atoms with Crippen LogP contribution >= 0.6 is 0 Å². The smallest absolute Gasteiger partial charge is 0.410 e. The number of hydrogen-bond acceptors (Lipinski definition) is 12. The van der Waals surface area contributed by atoms with Crippen LogP contribution in [-0.2, 0) is 19.1 Å². The molecule has 17 heteroatoms. The topological polar surface area (TPSA) is 192 Å². The average Bonchev–Trinajstić information content (AvgIpc) is 3.84. The first-order valence-electron chi connectivity index (χ1n) is 21.2. The molecule has 1 atom stereocenters. The van der Waals surface area contributed by atoms with Gasteiger partial charge in [-0.05, 0) is 83.2 Å². The van der Waals surface area contributed by atoms with Crippen molar-refractivity contribution in [2.45, 2.75) is 89.8 Å². The monoisotopic (exact) mass is 832 g/mol. The summed E-state index contributed by atoms with van der Waals surface area (Å²) in [7, 11) is 0. The fourth-order valence-corrected chi connectivity index (χ4v) is 8.47. The maximum atomic E-state index is 13.1. The molecule has 17 nitrogen and oxygen atoms in total. The number of carbonyl (C=O) groups is 6. The summed E-state index contributed by atoms with van der Waals surface area (Å²) < 4.78 is 7.56. The number of likely N-dealkylation sites (tertiary alicyclic amines) is 1. The summed E-state index contributed by atoms with van der Waals surface area (Å²) in [5.41, 5.74) is 4.83. The minimum Gasteiger partial charge on any atom is -0.444 e. The van der Waals surface area contributed by atoms with Gasteiger partial charge in [-0.25, -0.2) is 9.78 Å². The Balaban J connectivity index is 0.771. The number of nitrogens with zero attached hydrogens (tertiary/aromatic N) is 8. The van der Waals surface area contributed by atoms with Gasteiger partial charge in [0.1, 0.15) is 17.2 Å². The highest BCUT2D eigenvalue weighted by Gasteiger charge is 2.44. The molecule has 0 saturated carbocycles. The number of carbonyl (C=O) groups excluding carboxylic acids is 6. The van der Waals surface area contributed by atoms with Gasteiger partial charge in [-0.1, -0.05) is 12.5 Å². The Hall–Kier alpha value is -6.39. The van der Waals surface area contributed by atoms with E-state index in [1.54, 1.807) is 29.3 Å². The number of imide groups is 2. The predicted octanol–water partition coefficient (Wildman–Crippen LogP) is 4.79. The van der Waals surface area contributed by atoms with Crippen molar-refractivity contribution in [3.05, 3.63) is 66.1 Å². The number of nitrogens with one attached hydrogen (secondary N) is 2. The number of benzene rings is 2. The van der Waals surface area contributed by atoms with E-state index in [1.807, 2.05) is 54.9 Å². The van der Waals surface area contributed by atoms with Gasteiger partial charge in [-0.3, -0.25) is 43.9 Å². The van der Waals surface area contributed by atoms with Crippen LogP contribution in [0.5, 0.6) is 0 Å². The molecular weight excluding hydrogens is 781 g/mol. The molecular formula is C44H52N10O7. The van der Waals surface area contributed by atoms with Crippen molar-refractivity contribution < 1.29 is 33.5 Å². The first-order chi connectivity index (χ1) is 29.3. The second kappa shape index (κ2) is 17.3. The van der Waals surface area contributed by atoms with E-state index < -0.39 is 35.3 Å². The van der Waals surface area contributed by atoms with E-state index in [1.165, 1.54) is 0 Å². The van der Waals surface area contributed by atoms with Crippen molar-refractivity contribution in [3.8, 4) is 11.3 Å². The molecule has 2 aromatic carbocycles. The van der Waals surface area contributed by atoms with Gasteiger partial charge in [0, 0.05) is 76.1 Å². The van der Waals surface area contributed by atoms with Crippen molar-refractivity contribution in [2.75, 3.05) is 56.0 Å². The van der Waals surface area contributed by atoms with Gasteiger partial charge in [0.25, 0.3) is 11.8 Å². The second-order valence-corrected chi connectivity index (χ2v) is 17.1. The Kier molecular flexibility index (Phi) is 11.7. The van der Waals surface area contributed by atoms with Gasteiger partial charge in [-0.15, -0.1) is 0 Å². The molecule has 2 aromatic heterocycles. The maximum Gasteiger partial charge on any atom is 0.410 e. The van der Waals surface area contributed by atoms with Gasteiger partial charge < -0.3 is 24.8 Å². The van der Waals surface area contributed by atoms with E-state index >= 15 is 0 Å². The third-order valence-electron chi connectivity index (χ3n) is 11.7. The van der Waals surface area contributed by atoms with Gasteiger partial charge in [0.05, 0.1) is 46.5 Å². The Morgan fingerprint density at radius 1 is 0.869 bits per heavy atom. The highest BCUT2D eigenvalue weighted by atomic mass is 16.6. The van der Waals surface area contributed by atoms with Crippen molar-refractivity contribution in [1.82, 2.24) is 39.8 Å². The summed E-state index contributed by atoms with van der Waals surface area (Å²) >= 11 is 0. The number of piperazine rings is 1. The maximum absolute atomic E-state index is 13.1. The molecule has 0 spiro atoms. The second-order valence-electron chi connectivity index (χ2n) is 17.1. The molecule has 8 rings (SSSR count). The predicted molar refractivity (Wildman–Crippen MR) is 226 cm³/mol. The third-order valence-corrected chi connectivity index (χ3v) is 11.7. The quantitative estimate of drug-likeness (QED) is 0.155. The Labute approximate surface area is 353 Å². The first-order valence-corrected chi connectivity index (χ1v) is 21.2. The zero-order valence-corrected chi connectivity index (χ0v) is 34.9. The number of para-hydroxylation sites is 1. The fourth-order valence-electron chi connectivity index (χ4n) is 8.47. The minimum atomic E-state index is -0.997. The molecule has 320 valence electrons. The van der Waals surface area contributed by atoms with E-state index in [4.69, 9.17) is 19.8 Å². The number of unbranched alkanes of at least 4 members (excludes halogenated alkanes) is 2. The zero-order chi connectivity index (χ0) is 42.8. The largest absolute Gasteiger partial charge is 0.444 e. The molecule has 4 aliphatic heterocycles. The Bertz CT molecular complexity index is 2360. The molecule has 2 N–H and O–H groups in total. The van der Waals surface area contributed by atoms with E-state index in [-0.39, 0.29) is 42.0 Å². The van der Waals surface area contributed by atoms with Crippen LogP contribution < -0.4 is 15.5 Å². The first kappa shape index (κ1) is 41.3. The lowest BCUT2D eigenvalue weighted by Gasteiger charge is -2.37. The number of anilines is 2. The third kappa shape index (κ3) is 9.05. The summed E-state index contributed by atoms with van der Waals surface area (Å²) in [6, 6.07) is 10.1. The molecule has 4 aromatic rings. The standard InChI is InChI=1S/C44H52N10O7/c1-44(2,3)61-43(60)52-22-20-50(21-23-52)35-9-7-8-33-39(35)48-34(26-46-33)28-25-47-53(27-28)30-15-18-51(19-16-30)38(56)10-5-4-6-17-45-29-11-12-31-32(24-29)42(59)54(41(31)58)36-13-14-37(55)49-40(36)57/h7-9,11-12,24-27,30,36,45H,4-6,10,13-23H2,1-3H3,(H,49,55,57). The van der Waals surface area contributed by atoms with Crippen LogP contribution in [0.1, 0.15) is 98.9 Å². The van der Waals surface area contributed by atoms with Crippen molar-refractivity contribution in [3.63, 3.8) is 0 Å². The fraction of sp³-hybridized carbons (Fsp3) is 0.477. The molecule has 6 amide bonds. The highest BCUT2D eigenvalue weighted by Crippen LogP contribution is 2.31. The molecule has 3 fully saturated rings. The SMILES string of the molecule is CC(C)(C)OC(=O)N1CCN(c2cccc3ncc(-c4cnn(C5CCN(C(=O)CCCCCNc6ccc7c(c6)C(=O)N(C6CCC(=O)NC6=O)C7=O)CC5)c4)nc23)CC1. The molecule has 3 saturated heterocycles. The van der Waals surface area contributed by atoms with E-state index in [0.717, 1.165) is 65.0 Å². The van der Waals surface area contributed by atoms with E-state index in [2.05, 4.69) is 21.6 Å². The lowest BCUT2D eigenvalue weighted by molar-refractivity contribution is -0.136. The number of rotatable bonds is 11. The lowest BCUT2D eigenvalue weighted by Crippen LogP contribution is -2.54. The lowest BCUT2D eigenvalue weighted by atomic mass is 10.0. The highest BCUT2D eigenvalue weighted by molar-refractivity contribution is 6.23. The number of amides is 6. The van der Waals surface area contributed by atoms with Crippen LogP contribution in [0.2, 0.25) is 0 Å². The molecule has 4 aliphatic rings. The van der Waals surface area contributed by atoms with Crippen molar-refractivity contribution in [2.24, 2.45) is 0 Å². The molecule has 1 unspecified atom stereocenters. The molecule has 6 heterocycles. The van der Waals surface area contributed by atoms with Crippen LogP contribution in [0.3, 0.4) is 0 Å². The van der Waals surface area contributed by atoms with E-state index in [0.29, 0.717) is 57.9 Å². The molecule has 61 heavy (non-hydrogen) atoms.